The molecular formula is C18H26N4O3. The van der Waals surface area contributed by atoms with E-state index < -0.39 is 0 Å². The van der Waals surface area contributed by atoms with Crippen molar-refractivity contribution in [3.8, 4) is 0 Å². The fourth-order valence-electron chi connectivity index (χ4n) is 4.63. The molecule has 0 spiro atoms. The van der Waals surface area contributed by atoms with Crippen molar-refractivity contribution >= 4 is 11.8 Å². The Bertz CT molecular complexity index is 663. The summed E-state index contributed by atoms with van der Waals surface area (Å²) in [5.41, 5.74) is 7.07. The first-order valence-electron chi connectivity index (χ1n) is 9.47. The number of likely N-dealkylation sites (tertiary alicyclic amines) is 2. The SMILES string of the molecule is NC(=O)C1CCCN1C1CCN(C(=O)c2noc3c2CCCC3)CC1. The number of carbonyl (C=O) groups excluding carboxylic acids is 2. The number of nitrogens with two attached hydrogens (primary N) is 1. The van der Waals surface area contributed by atoms with Crippen LogP contribution in [0.3, 0.4) is 0 Å². The summed E-state index contributed by atoms with van der Waals surface area (Å²) >= 11 is 0. The van der Waals surface area contributed by atoms with Gasteiger partial charge in [-0.3, -0.25) is 14.5 Å². The molecule has 7 nitrogen and oxygen atoms in total. The number of piperidine rings is 1. The molecule has 25 heavy (non-hydrogen) atoms. The molecule has 3 aliphatic rings. The molecule has 136 valence electrons. The predicted molar refractivity (Wildman–Crippen MR) is 91.0 cm³/mol. The zero-order valence-corrected chi connectivity index (χ0v) is 14.6. The van der Waals surface area contributed by atoms with Crippen LogP contribution in [-0.4, -0.2) is 58.5 Å². The number of aryl methyl sites for hydroxylation is 1. The molecule has 2 amide bonds. The van der Waals surface area contributed by atoms with Crippen molar-refractivity contribution in [3.63, 3.8) is 0 Å². The second-order valence-electron chi connectivity index (χ2n) is 7.46. The van der Waals surface area contributed by atoms with Crippen molar-refractivity contribution in [2.45, 2.75) is 63.5 Å². The molecule has 2 aliphatic heterocycles. The molecule has 1 atom stereocenters. The molecule has 2 saturated heterocycles. The van der Waals surface area contributed by atoms with Gasteiger partial charge in [0.2, 0.25) is 5.91 Å². The van der Waals surface area contributed by atoms with E-state index in [1.807, 2.05) is 4.90 Å². The third kappa shape index (κ3) is 3.05. The largest absolute Gasteiger partial charge is 0.368 e. The van der Waals surface area contributed by atoms with E-state index in [0.717, 1.165) is 69.2 Å². The molecule has 0 radical (unpaired) electrons. The Balaban J connectivity index is 1.39. The monoisotopic (exact) mass is 346 g/mol. The molecule has 0 bridgehead atoms. The Morgan fingerprint density at radius 2 is 1.80 bits per heavy atom. The van der Waals surface area contributed by atoms with E-state index in [2.05, 4.69) is 10.1 Å². The van der Waals surface area contributed by atoms with Crippen molar-refractivity contribution < 1.29 is 14.1 Å². The van der Waals surface area contributed by atoms with Gasteiger partial charge in [-0.1, -0.05) is 5.16 Å². The Morgan fingerprint density at radius 1 is 1.04 bits per heavy atom. The van der Waals surface area contributed by atoms with Gasteiger partial charge in [-0.2, -0.15) is 0 Å². The molecule has 1 aromatic rings. The molecule has 2 N–H and O–H groups in total. The van der Waals surface area contributed by atoms with Crippen LogP contribution in [0.25, 0.3) is 0 Å². The standard InChI is InChI=1S/C18H26N4O3/c19-17(23)14-5-3-9-22(14)12-7-10-21(11-8-12)18(24)16-13-4-1-2-6-15(13)25-20-16/h12,14H,1-11H2,(H2,19,23). The third-order valence-corrected chi connectivity index (χ3v) is 6.00. The highest BCUT2D eigenvalue weighted by atomic mass is 16.5. The number of fused-ring (bicyclic) bond motifs is 1. The van der Waals surface area contributed by atoms with E-state index in [1.165, 1.54) is 0 Å². The number of hydrogen-bond donors (Lipinski definition) is 1. The molecule has 1 aliphatic carbocycles. The second-order valence-corrected chi connectivity index (χ2v) is 7.46. The highest BCUT2D eigenvalue weighted by molar-refractivity contribution is 5.94. The molecular weight excluding hydrogens is 320 g/mol. The number of aromatic nitrogens is 1. The maximum atomic E-state index is 12.8. The number of amides is 2. The minimum Gasteiger partial charge on any atom is -0.368 e. The van der Waals surface area contributed by atoms with Crippen LogP contribution < -0.4 is 5.73 Å². The van der Waals surface area contributed by atoms with Gasteiger partial charge in [0, 0.05) is 31.1 Å². The summed E-state index contributed by atoms with van der Waals surface area (Å²) in [7, 11) is 0. The van der Waals surface area contributed by atoms with Crippen LogP contribution in [0.15, 0.2) is 4.52 Å². The summed E-state index contributed by atoms with van der Waals surface area (Å²) in [4.78, 5) is 28.6. The summed E-state index contributed by atoms with van der Waals surface area (Å²) in [5.74, 6) is 0.675. The van der Waals surface area contributed by atoms with Crippen LogP contribution in [0.1, 0.15) is 60.3 Å². The van der Waals surface area contributed by atoms with Gasteiger partial charge in [0.15, 0.2) is 5.69 Å². The van der Waals surface area contributed by atoms with E-state index in [-0.39, 0.29) is 17.9 Å². The van der Waals surface area contributed by atoms with Crippen LogP contribution in [0.2, 0.25) is 0 Å². The van der Waals surface area contributed by atoms with Crippen molar-refractivity contribution in [1.29, 1.82) is 0 Å². The van der Waals surface area contributed by atoms with Crippen LogP contribution in [0.4, 0.5) is 0 Å². The maximum absolute atomic E-state index is 12.8. The smallest absolute Gasteiger partial charge is 0.276 e. The van der Waals surface area contributed by atoms with Gasteiger partial charge in [-0.15, -0.1) is 0 Å². The number of carbonyl (C=O) groups is 2. The summed E-state index contributed by atoms with van der Waals surface area (Å²) < 4.78 is 5.38. The van der Waals surface area contributed by atoms with Gasteiger partial charge in [0.25, 0.3) is 5.91 Å². The van der Waals surface area contributed by atoms with Crippen molar-refractivity contribution in [2.24, 2.45) is 5.73 Å². The summed E-state index contributed by atoms with van der Waals surface area (Å²) in [5, 5.41) is 4.07. The Hall–Kier alpha value is -1.89. The second kappa shape index (κ2) is 6.78. The third-order valence-electron chi connectivity index (χ3n) is 6.00. The summed E-state index contributed by atoms with van der Waals surface area (Å²) in [6, 6.07) is 0.213. The molecule has 0 saturated carbocycles. The molecule has 3 heterocycles. The first-order valence-corrected chi connectivity index (χ1v) is 9.47. The molecule has 7 heteroatoms. The molecule has 2 fully saturated rings. The zero-order valence-electron chi connectivity index (χ0n) is 14.6. The lowest BCUT2D eigenvalue weighted by Crippen LogP contribution is -2.51. The lowest BCUT2D eigenvalue weighted by molar-refractivity contribution is -0.123. The molecule has 0 aromatic carbocycles. The number of primary amides is 1. The quantitative estimate of drug-likeness (QED) is 0.885. The van der Waals surface area contributed by atoms with Gasteiger partial charge >= 0.3 is 0 Å². The average molecular weight is 346 g/mol. The molecule has 1 aromatic heterocycles. The van der Waals surface area contributed by atoms with Gasteiger partial charge in [-0.05, 0) is 51.5 Å². The normalized spacial score (nSPS) is 25.1. The summed E-state index contributed by atoms with van der Waals surface area (Å²) in [6.45, 7) is 2.34. The fourth-order valence-corrected chi connectivity index (χ4v) is 4.63. The van der Waals surface area contributed by atoms with Crippen molar-refractivity contribution in [2.75, 3.05) is 19.6 Å². The number of nitrogens with zero attached hydrogens (tertiary/aromatic N) is 3. The zero-order chi connectivity index (χ0) is 17.4. The van der Waals surface area contributed by atoms with E-state index in [4.69, 9.17) is 10.3 Å². The van der Waals surface area contributed by atoms with Gasteiger partial charge in [-0.25, -0.2) is 0 Å². The lowest BCUT2D eigenvalue weighted by atomic mass is 9.95. The molecule has 1 unspecified atom stereocenters. The maximum Gasteiger partial charge on any atom is 0.276 e. The Labute approximate surface area is 147 Å². The molecule has 4 rings (SSSR count). The van der Waals surface area contributed by atoms with Crippen LogP contribution >= 0.6 is 0 Å². The van der Waals surface area contributed by atoms with E-state index in [0.29, 0.717) is 24.8 Å². The first-order chi connectivity index (χ1) is 12.1. The highest BCUT2D eigenvalue weighted by Crippen LogP contribution is 2.28. The van der Waals surface area contributed by atoms with E-state index >= 15 is 0 Å². The number of rotatable bonds is 3. The van der Waals surface area contributed by atoms with Crippen LogP contribution in [0.5, 0.6) is 0 Å². The first kappa shape index (κ1) is 16.6. The Morgan fingerprint density at radius 3 is 2.56 bits per heavy atom. The van der Waals surface area contributed by atoms with Crippen molar-refractivity contribution in [1.82, 2.24) is 15.0 Å². The summed E-state index contributed by atoms with van der Waals surface area (Å²) in [6.07, 6.45) is 7.65. The van der Waals surface area contributed by atoms with E-state index in [1.54, 1.807) is 0 Å². The topological polar surface area (TPSA) is 92.7 Å². The van der Waals surface area contributed by atoms with Gasteiger partial charge in [0.1, 0.15) is 5.76 Å². The van der Waals surface area contributed by atoms with E-state index in [9.17, 15) is 9.59 Å². The minimum absolute atomic E-state index is 0.00165. The van der Waals surface area contributed by atoms with Crippen LogP contribution in [0, 0.1) is 0 Å². The van der Waals surface area contributed by atoms with Crippen LogP contribution in [-0.2, 0) is 17.6 Å². The minimum atomic E-state index is -0.217. The van der Waals surface area contributed by atoms with Gasteiger partial charge < -0.3 is 15.2 Å². The van der Waals surface area contributed by atoms with Crippen molar-refractivity contribution in [3.05, 3.63) is 17.0 Å². The Kier molecular flexibility index (Phi) is 4.50. The van der Waals surface area contributed by atoms with Gasteiger partial charge in [0.05, 0.1) is 6.04 Å². The predicted octanol–water partition coefficient (Wildman–Crippen LogP) is 1.11. The fraction of sp³-hybridized carbons (Fsp3) is 0.722. The highest BCUT2D eigenvalue weighted by Gasteiger charge is 2.37. The average Bonchev–Trinajstić information content (AvgIpc) is 3.28. The number of hydrogen-bond acceptors (Lipinski definition) is 5. The lowest BCUT2D eigenvalue weighted by Gasteiger charge is -2.38.